The lowest BCUT2D eigenvalue weighted by molar-refractivity contribution is 0.0941. The van der Waals surface area contributed by atoms with E-state index in [-0.39, 0.29) is 11.9 Å². The largest absolute Gasteiger partial charge is 0.497 e. The highest BCUT2D eigenvalue weighted by atomic mass is 35.5. The van der Waals surface area contributed by atoms with Crippen molar-refractivity contribution in [2.45, 2.75) is 13.0 Å². The Kier molecular flexibility index (Phi) is 4.70. The van der Waals surface area contributed by atoms with Crippen LogP contribution in [0.3, 0.4) is 0 Å². The number of methoxy groups -OCH3 is 1. The number of hydrogen-bond donors (Lipinski definition) is 2. The normalized spacial score (nSPS) is 11.8. The fourth-order valence-corrected chi connectivity index (χ4v) is 2.16. The van der Waals surface area contributed by atoms with Crippen molar-refractivity contribution in [1.29, 1.82) is 0 Å². The van der Waals surface area contributed by atoms with Crippen LogP contribution >= 0.6 is 11.6 Å². The highest BCUT2D eigenvalue weighted by molar-refractivity contribution is 6.33. The van der Waals surface area contributed by atoms with Crippen molar-refractivity contribution in [2.24, 2.45) is 0 Å². The number of nitrogens with one attached hydrogen (secondary N) is 1. The number of hydrogen-bond acceptors (Lipinski definition) is 3. The molecule has 0 spiro atoms. The quantitative estimate of drug-likeness (QED) is 0.851. The van der Waals surface area contributed by atoms with Crippen molar-refractivity contribution in [3.63, 3.8) is 0 Å². The minimum Gasteiger partial charge on any atom is -0.497 e. The first-order chi connectivity index (χ1) is 10.0. The number of nitrogen functional groups attached to an aromatic ring is 1. The number of benzene rings is 2. The number of ether oxygens (including phenoxy) is 1. The Labute approximate surface area is 128 Å². The summed E-state index contributed by atoms with van der Waals surface area (Å²) in [5, 5.41) is 3.27. The molecule has 2 aromatic carbocycles. The molecule has 2 rings (SSSR count). The van der Waals surface area contributed by atoms with Gasteiger partial charge in [0.05, 0.1) is 29.4 Å². The lowest BCUT2D eigenvalue weighted by Gasteiger charge is -2.16. The van der Waals surface area contributed by atoms with E-state index in [1.54, 1.807) is 25.3 Å². The number of nitrogens with two attached hydrogens (primary N) is 1. The fourth-order valence-electron chi connectivity index (χ4n) is 1.99. The molecule has 0 bridgehead atoms. The molecule has 0 aliphatic rings. The molecule has 0 aliphatic carbocycles. The predicted molar refractivity (Wildman–Crippen MR) is 84.7 cm³/mol. The number of amides is 1. The SMILES string of the molecule is COc1ccc(C(C)NC(=O)c2cccc(Cl)c2N)cc1. The zero-order valence-corrected chi connectivity index (χ0v) is 12.6. The summed E-state index contributed by atoms with van der Waals surface area (Å²) in [5.41, 5.74) is 7.47. The van der Waals surface area contributed by atoms with Crippen LogP contribution in [0.1, 0.15) is 28.9 Å². The average molecular weight is 305 g/mol. The molecule has 1 unspecified atom stereocenters. The summed E-state index contributed by atoms with van der Waals surface area (Å²) < 4.78 is 5.11. The molecule has 110 valence electrons. The van der Waals surface area contributed by atoms with Crippen molar-refractivity contribution in [2.75, 3.05) is 12.8 Å². The van der Waals surface area contributed by atoms with Gasteiger partial charge in [-0.15, -0.1) is 0 Å². The minimum atomic E-state index is -0.252. The van der Waals surface area contributed by atoms with Gasteiger partial charge in [-0.25, -0.2) is 0 Å². The lowest BCUT2D eigenvalue weighted by atomic mass is 10.1. The summed E-state index contributed by atoms with van der Waals surface area (Å²) in [6.07, 6.45) is 0. The molecule has 1 atom stereocenters. The van der Waals surface area contributed by atoms with Crippen molar-refractivity contribution in [3.05, 3.63) is 58.6 Å². The van der Waals surface area contributed by atoms with E-state index < -0.39 is 0 Å². The second kappa shape index (κ2) is 6.50. The summed E-state index contributed by atoms with van der Waals surface area (Å²) in [6.45, 7) is 1.90. The van der Waals surface area contributed by atoms with Gasteiger partial charge < -0.3 is 15.8 Å². The number of rotatable bonds is 4. The Morgan fingerprint density at radius 3 is 2.52 bits per heavy atom. The molecule has 0 heterocycles. The highest BCUT2D eigenvalue weighted by Crippen LogP contribution is 2.23. The van der Waals surface area contributed by atoms with Gasteiger partial charge in [0.1, 0.15) is 5.75 Å². The van der Waals surface area contributed by atoms with E-state index in [0.29, 0.717) is 16.3 Å². The van der Waals surface area contributed by atoms with Gasteiger partial charge in [-0.2, -0.15) is 0 Å². The minimum absolute atomic E-state index is 0.151. The fraction of sp³-hybridized carbons (Fsp3) is 0.188. The van der Waals surface area contributed by atoms with E-state index in [2.05, 4.69) is 5.32 Å². The standard InChI is InChI=1S/C16H17ClN2O2/c1-10(11-6-8-12(21-2)9-7-11)19-16(20)13-4-3-5-14(17)15(13)18/h3-10H,18H2,1-2H3,(H,19,20). The van der Waals surface area contributed by atoms with Crippen molar-refractivity contribution in [1.82, 2.24) is 5.32 Å². The summed E-state index contributed by atoms with van der Waals surface area (Å²) in [7, 11) is 1.61. The van der Waals surface area contributed by atoms with E-state index in [9.17, 15) is 4.79 Å². The lowest BCUT2D eigenvalue weighted by Crippen LogP contribution is -2.27. The molecule has 0 aliphatic heterocycles. The second-order valence-electron chi connectivity index (χ2n) is 4.67. The van der Waals surface area contributed by atoms with E-state index in [0.717, 1.165) is 11.3 Å². The Morgan fingerprint density at radius 2 is 1.90 bits per heavy atom. The zero-order valence-electron chi connectivity index (χ0n) is 11.9. The maximum Gasteiger partial charge on any atom is 0.253 e. The third-order valence-corrected chi connectivity index (χ3v) is 3.59. The van der Waals surface area contributed by atoms with Crippen molar-refractivity contribution < 1.29 is 9.53 Å². The summed E-state index contributed by atoms with van der Waals surface area (Å²) >= 11 is 5.93. The molecule has 21 heavy (non-hydrogen) atoms. The molecule has 5 heteroatoms. The smallest absolute Gasteiger partial charge is 0.253 e. The van der Waals surface area contributed by atoms with Gasteiger partial charge in [-0.3, -0.25) is 4.79 Å². The molecule has 2 aromatic rings. The number of halogens is 1. The second-order valence-corrected chi connectivity index (χ2v) is 5.08. The van der Waals surface area contributed by atoms with E-state index in [1.165, 1.54) is 0 Å². The van der Waals surface area contributed by atoms with Crippen molar-refractivity contribution in [3.8, 4) is 5.75 Å². The van der Waals surface area contributed by atoms with Gasteiger partial charge in [0, 0.05) is 0 Å². The Bertz CT molecular complexity index is 641. The van der Waals surface area contributed by atoms with Gasteiger partial charge >= 0.3 is 0 Å². The first kappa shape index (κ1) is 15.2. The average Bonchev–Trinajstić information content (AvgIpc) is 2.50. The number of carbonyl (C=O) groups excluding carboxylic acids is 1. The van der Waals surface area contributed by atoms with Crippen LogP contribution in [0.5, 0.6) is 5.75 Å². The molecular weight excluding hydrogens is 288 g/mol. The van der Waals surface area contributed by atoms with Crippen LogP contribution in [0.4, 0.5) is 5.69 Å². The van der Waals surface area contributed by atoms with Crippen LogP contribution in [0.25, 0.3) is 0 Å². The number of para-hydroxylation sites is 1. The predicted octanol–water partition coefficient (Wildman–Crippen LogP) is 3.42. The van der Waals surface area contributed by atoms with Crippen LogP contribution in [-0.2, 0) is 0 Å². The van der Waals surface area contributed by atoms with Crippen LogP contribution in [-0.4, -0.2) is 13.0 Å². The molecule has 0 radical (unpaired) electrons. The molecule has 0 fully saturated rings. The van der Waals surface area contributed by atoms with Crippen molar-refractivity contribution >= 4 is 23.2 Å². The van der Waals surface area contributed by atoms with Crippen LogP contribution < -0.4 is 15.8 Å². The van der Waals surface area contributed by atoms with Crippen LogP contribution in [0.2, 0.25) is 5.02 Å². The Balaban J connectivity index is 2.12. The molecule has 0 saturated heterocycles. The molecule has 4 nitrogen and oxygen atoms in total. The van der Waals surface area contributed by atoms with Gasteiger partial charge in [0.2, 0.25) is 0 Å². The highest BCUT2D eigenvalue weighted by Gasteiger charge is 2.15. The first-order valence-corrected chi connectivity index (χ1v) is 6.89. The summed E-state index contributed by atoms with van der Waals surface area (Å²) in [6, 6.07) is 12.4. The van der Waals surface area contributed by atoms with E-state index in [4.69, 9.17) is 22.1 Å². The maximum absolute atomic E-state index is 12.3. The number of carbonyl (C=O) groups is 1. The van der Waals surface area contributed by atoms with E-state index in [1.807, 2.05) is 31.2 Å². The molecule has 0 aromatic heterocycles. The molecule has 1 amide bonds. The summed E-state index contributed by atoms with van der Waals surface area (Å²) in [5.74, 6) is 0.523. The molecule has 3 N–H and O–H groups in total. The maximum atomic E-state index is 12.3. The third kappa shape index (κ3) is 3.47. The van der Waals surface area contributed by atoms with Gasteiger partial charge in [0.25, 0.3) is 5.91 Å². The van der Waals surface area contributed by atoms with E-state index >= 15 is 0 Å². The monoisotopic (exact) mass is 304 g/mol. The van der Waals surface area contributed by atoms with Crippen LogP contribution in [0, 0.1) is 0 Å². The number of anilines is 1. The summed E-state index contributed by atoms with van der Waals surface area (Å²) in [4.78, 5) is 12.3. The third-order valence-electron chi connectivity index (χ3n) is 3.26. The Morgan fingerprint density at radius 1 is 1.24 bits per heavy atom. The van der Waals surface area contributed by atoms with Crippen LogP contribution in [0.15, 0.2) is 42.5 Å². The van der Waals surface area contributed by atoms with Gasteiger partial charge in [-0.05, 0) is 36.8 Å². The molecule has 0 saturated carbocycles. The molecular formula is C16H17ClN2O2. The van der Waals surface area contributed by atoms with Gasteiger partial charge in [0.15, 0.2) is 0 Å². The first-order valence-electron chi connectivity index (χ1n) is 6.51. The van der Waals surface area contributed by atoms with Gasteiger partial charge in [-0.1, -0.05) is 29.8 Å². The topological polar surface area (TPSA) is 64.3 Å². The zero-order chi connectivity index (χ0) is 15.4. The Hall–Kier alpha value is -2.20.